The Balaban J connectivity index is 2.11. The van der Waals surface area contributed by atoms with Gasteiger partial charge >= 0.3 is 0 Å². The van der Waals surface area contributed by atoms with Crippen molar-refractivity contribution < 1.29 is 9.47 Å². The predicted octanol–water partition coefficient (Wildman–Crippen LogP) is 2.70. The minimum Gasteiger partial charge on any atom is -0.496 e. The van der Waals surface area contributed by atoms with E-state index in [9.17, 15) is 0 Å². The highest BCUT2D eigenvalue weighted by Crippen LogP contribution is 2.37. The normalized spacial score (nSPS) is 19.6. The number of benzene rings is 1. The molecule has 0 bridgehead atoms. The third-order valence-corrected chi connectivity index (χ3v) is 3.75. The van der Waals surface area contributed by atoms with Gasteiger partial charge in [0.1, 0.15) is 5.75 Å². The summed E-state index contributed by atoms with van der Waals surface area (Å²) >= 11 is 0. The third kappa shape index (κ3) is 2.68. The molecule has 0 heterocycles. The topological polar surface area (TPSA) is 30.5 Å². The van der Waals surface area contributed by atoms with Crippen LogP contribution in [0.4, 0.5) is 0 Å². The van der Waals surface area contributed by atoms with Gasteiger partial charge in [-0.25, -0.2) is 0 Å². The Morgan fingerprint density at radius 3 is 2.89 bits per heavy atom. The quantitative estimate of drug-likeness (QED) is 0.841. The van der Waals surface area contributed by atoms with Gasteiger partial charge in [0.15, 0.2) is 0 Å². The molecule has 1 aromatic rings. The van der Waals surface area contributed by atoms with Crippen LogP contribution in [0.2, 0.25) is 0 Å². The molecule has 3 nitrogen and oxygen atoms in total. The molecular weight excluding hydrogens is 226 g/mol. The summed E-state index contributed by atoms with van der Waals surface area (Å²) in [6, 6.07) is 7.21. The molecule has 1 aliphatic rings. The lowest BCUT2D eigenvalue weighted by Crippen LogP contribution is -2.34. The van der Waals surface area contributed by atoms with E-state index >= 15 is 0 Å². The van der Waals surface area contributed by atoms with E-state index in [0.29, 0.717) is 12.1 Å². The Bertz CT molecular complexity index is 392. The SMILES string of the molecule is CCC(COC)NC1CCc2c(OC)cccc21. The first-order valence-electron chi connectivity index (χ1n) is 6.70. The van der Waals surface area contributed by atoms with E-state index in [1.165, 1.54) is 11.1 Å². The van der Waals surface area contributed by atoms with Crippen LogP contribution in [0.25, 0.3) is 0 Å². The summed E-state index contributed by atoms with van der Waals surface area (Å²) in [5, 5.41) is 3.69. The van der Waals surface area contributed by atoms with Gasteiger partial charge in [0.05, 0.1) is 13.7 Å². The Morgan fingerprint density at radius 2 is 2.22 bits per heavy atom. The molecule has 0 aromatic heterocycles. The zero-order chi connectivity index (χ0) is 13.0. The summed E-state index contributed by atoms with van der Waals surface area (Å²) in [7, 11) is 3.51. The smallest absolute Gasteiger partial charge is 0.122 e. The van der Waals surface area contributed by atoms with Crippen molar-refractivity contribution in [2.45, 2.75) is 38.3 Å². The Morgan fingerprint density at radius 1 is 1.39 bits per heavy atom. The molecule has 3 heteroatoms. The molecule has 0 spiro atoms. The molecule has 0 saturated heterocycles. The Kier molecular flexibility index (Phi) is 4.61. The number of fused-ring (bicyclic) bond motifs is 1. The van der Waals surface area contributed by atoms with Crippen LogP contribution in [-0.4, -0.2) is 26.9 Å². The van der Waals surface area contributed by atoms with Gasteiger partial charge in [0.2, 0.25) is 0 Å². The molecule has 0 fully saturated rings. The van der Waals surface area contributed by atoms with E-state index in [-0.39, 0.29) is 0 Å². The minimum atomic E-state index is 0.428. The highest BCUT2D eigenvalue weighted by Gasteiger charge is 2.26. The van der Waals surface area contributed by atoms with Crippen molar-refractivity contribution in [3.8, 4) is 5.75 Å². The fourth-order valence-electron chi connectivity index (χ4n) is 2.75. The van der Waals surface area contributed by atoms with Crippen molar-refractivity contribution in [2.75, 3.05) is 20.8 Å². The van der Waals surface area contributed by atoms with E-state index < -0.39 is 0 Å². The largest absolute Gasteiger partial charge is 0.496 e. The maximum absolute atomic E-state index is 5.43. The van der Waals surface area contributed by atoms with Crippen LogP contribution >= 0.6 is 0 Å². The highest BCUT2D eigenvalue weighted by molar-refractivity contribution is 5.45. The van der Waals surface area contributed by atoms with Gasteiger partial charge in [0, 0.05) is 19.2 Å². The van der Waals surface area contributed by atoms with E-state index in [2.05, 4.69) is 24.4 Å². The average Bonchev–Trinajstić information content (AvgIpc) is 2.81. The molecule has 18 heavy (non-hydrogen) atoms. The standard InChI is InChI=1S/C15H23NO2/c1-4-11(10-17-2)16-14-9-8-13-12(14)6-5-7-15(13)18-3/h5-7,11,14,16H,4,8-10H2,1-3H3. The molecule has 0 saturated carbocycles. The summed E-state index contributed by atoms with van der Waals surface area (Å²) in [4.78, 5) is 0. The molecule has 0 aliphatic heterocycles. The van der Waals surface area contributed by atoms with Crippen molar-refractivity contribution >= 4 is 0 Å². The number of ether oxygens (including phenoxy) is 2. The van der Waals surface area contributed by atoms with Gasteiger partial charge < -0.3 is 14.8 Å². The summed E-state index contributed by atoms with van der Waals surface area (Å²) in [6.45, 7) is 2.96. The van der Waals surface area contributed by atoms with Gasteiger partial charge in [0.25, 0.3) is 0 Å². The van der Waals surface area contributed by atoms with Crippen LogP contribution in [-0.2, 0) is 11.2 Å². The minimum absolute atomic E-state index is 0.428. The molecule has 0 amide bonds. The maximum atomic E-state index is 5.43. The number of rotatable bonds is 6. The lowest BCUT2D eigenvalue weighted by Gasteiger charge is -2.22. The monoisotopic (exact) mass is 249 g/mol. The molecule has 1 aromatic carbocycles. The second kappa shape index (κ2) is 6.21. The second-order valence-corrected chi connectivity index (χ2v) is 4.85. The predicted molar refractivity (Wildman–Crippen MR) is 73.1 cm³/mol. The first-order chi connectivity index (χ1) is 8.80. The average molecular weight is 249 g/mol. The summed E-state index contributed by atoms with van der Waals surface area (Å²) in [5.41, 5.74) is 2.76. The first-order valence-corrected chi connectivity index (χ1v) is 6.70. The van der Waals surface area contributed by atoms with Gasteiger partial charge in [-0.3, -0.25) is 0 Å². The van der Waals surface area contributed by atoms with Crippen LogP contribution in [0.5, 0.6) is 5.75 Å². The van der Waals surface area contributed by atoms with Crippen molar-refractivity contribution in [1.29, 1.82) is 0 Å². The van der Waals surface area contributed by atoms with Crippen molar-refractivity contribution in [3.63, 3.8) is 0 Å². The first kappa shape index (κ1) is 13.4. The number of hydrogen-bond acceptors (Lipinski definition) is 3. The van der Waals surface area contributed by atoms with Crippen LogP contribution in [0.1, 0.15) is 36.9 Å². The highest BCUT2D eigenvalue weighted by atomic mass is 16.5. The molecule has 100 valence electrons. The van der Waals surface area contributed by atoms with Crippen LogP contribution in [0.15, 0.2) is 18.2 Å². The molecule has 1 aliphatic carbocycles. The van der Waals surface area contributed by atoms with Crippen LogP contribution in [0.3, 0.4) is 0 Å². The molecule has 0 radical (unpaired) electrons. The van der Waals surface area contributed by atoms with E-state index in [4.69, 9.17) is 9.47 Å². The molecule has 2 rings (SSSR count). The van der Waals surface area contributed by atoms with Gasteiger partial charge in [-0.05, 0) is 36.5 Å². The number of nitrogens with one attached hydrogen (secondary N) is 1. The fourth-order valence-corrected chi connectivity index (χ4v) is 2.75. The zero-order valence-corrected chi connectivity index (χ0v) is 11.5. The van der Waals surface area contributed by atoms with Crippen LogP contribution in [0, 0.1) is 0 Å². The molecule has 2 atom stereocenters. The third-order valence-electron chi connectivity index (χ3n) is 3.75. The van der Waals surface area contributed by atoms with Gasteiger partial charge in [-0.2, -0.15) is 0 Å². The van der Waals surface area contributed by atoms with E-state index in [1.54, 1.807) is 14.2 Å². The Hall–Kier alpha value is -1.06. The number of hydrogen-bond donors (Lipinski definition) is 1. The van der Waals surface area contributed by atoms with Crippen molar-refractivity contribution in [2.24, 2.45) is 0 Å². The Labute approximate surface area is 109 Å². The van der Waals surface area contributed by atoms with E-state index in [1.807, 2.05) is 6.07 Å². The van der Waals surface area contributed by atoms with Crippen LogP contribution < -0.4 is 10.1 Å². The molecule has 1 N–H and O–H groups in total. The van der Waals surface area contributed by atoms with Gasteiger partial charge in [-0.1, -0.05) is 19.1 Å². The number of methoxy groups -OCH3 is 2. The van der Waals surface area contributed by atoms with E-state index in [0.717, 1.165) is 31.6 Å². The summed E-state index contributed by atoms with van der Waals surface area (Å²) in [5.74, 6) is 1.02. The molecule has 2 unspecified atom stereocenters. The zero-order valence-electron chi connectivity index (χ0n) is 11.5. The lowest BCUT2D eigenvalue weighted by atomic mass is 10.1. The fraction of sp³-hybridized carbons (Fsp3) is 0.600. The van der Waals surface area contributed by atoms with Crippen molar-refractivity contribution in [1.82, 2.24) is 5.32 Å². The lowest BCUT2D eigenvalue weighted by molar-refractivity contribution is 0.158. The second-order valence-electron chi connectivity index (χ2n) is 4.85. The maximum Gasteiger partial charge on any atom is 0.122 e. The van der Waals surface area contributed by atoms with Gasteiger partial charge in [-0.15, -0.1) is 0 Å². The summed E-state index contributed by atoms with van der Waals surface area (Å²) < 4.78 is 10.7. The van der Waals surface area contributed by atoms with Crippen molar-refractivity contribution in [3.05, 3.63) is 29.3 Å². The summed E-state index contributed by atoms with van der Waals surface area (Å²) in [6.07, 6.45) is 3.33. The molecular formula is C15H23NO2.